The molecule has 8 nitrogen and oxygen atoms in total. The number of carbonyl (C=O) groups excluding carboxylic acids is 3. The van der Waals surface area contributed by atoms with Crippen LogP contribution in [0.4, 0.5) is 0 Å². The van der Waals surface area contributed by atoms with Crippen LogP contribution in [0.25, 0.3) is 0 Å². The van der Waals surface area contributed by atoms with Crippen molar-refractivity contribution in [1.82, 2.24) is 0 Å². The smallest absolute Gasteiger partial charge is 0.378 e. The minimum atomic E-state index is -1.00. The molecule has 0 N–H and O–H groups in total. The second-order valence-electron chi connectivity index (χ2n) is 9.16. The van der Waals surface area contributed by atoms with Gasteiger partial charge in [-0.05, 0) is 26.7 Å². The molecule has 0 aromatic heterocycles. The molecule has 0 radical (unpaired) electrons. The molecule has 2 atom stereocenters. The maximum absolute atomic E-state index is 12.5. The number of carbonyl (C=O) groups is 3. The molecule has 2 aliphatic heterocycles. The number of rotatable bonds is 15. The normalized spacial score (nSPS) is 21.9. The Labute approximate surface area is 197 Å². The third-order valence-electron chi connectivity index (χ3n) is 5.68. The van der Waals surface area contributed by atoms with E-state index in [1.807, 2.05) is 0 Å². The van der Waals surface area contributed by atoms with E-state index in [4.69, 9.17) is 23.7 Å². The minimum absolute atomic E-state index is 0.0933. The highest BCUT2D eigenvalue weighted by atomic mass is 16.8. The van der Waals surface area contributed by atoms with Gasteiger partial charge in [0, 0.05) is 12.8 Å². The summed E-state index contributed by atoms with van der Waals surface area (Å²) < 4.78 is 27.7. The van der Waals surface area contributed by atoms with Gasteiger partial charge in [-0.25, -0.2) is 4.79 Å². The van der Waals surface area contributed by atoms with E-state index in [1.165, 1.54) is 0 Å². The van der Waals surface area contributed by atoms with Gasteiger partial charge in [-0.2, -0.15) is 0 Å². The topological polar surface area (TPSA) is 97.4 Å². The fraction of sp³-hybridized carbons (Fsp3) is 0.800. The molecule has 0 aliphatic carbocycles. The van der Waals surface area contributed by atoms with E-state index >= 15 is 0 Å². The van der Waals surface area contributed by atoms with Crippen LogP contribution in [-0.4, -0.2) is 42.5 Å². The van der Waals surface area contributed by atoms with Crippen molar-refractivity contribution in [3.63, 3.8) is 0 Å². The van der Waals surface area contributed by atoms with Crippen LogP contribution in [0.5, 0.6) is 0 Å². The lowest BCUT2D eigenvalue weighted by Gasteiger charge is -2.21. The van der Waals surface area contributed by atoms with Crippen LogP contribution in [0.15, 0.2) is 11.5 Å². The summed E-state index contributed by atoms with van der Waals surface area (Å²) in [7, 11) is 0. The van der Waals surface area contributed by atoms with Gasteiger partial charge in [-0.15, -0.1) is 0 Å². The summed E-state index contributed by atoms with van der Waals surface area (Å²) in [6.45, 7) is 7.89. The molecule has 2 heterocycles. The van der Waals surface area contributed by atoms with E-state index in [9.17, 15) is 14.4 Å². The molecule has 0 saturated carbocycles. The summed E-state index contributed by atoms with van der Waals surface area (Å²) in [5.41, 5.74) is 0. The molecule has 0 unspecified atom stereocenters. The first kappa shape index (κ1) is 27.3. The fourth-order valence-corrected chi connectivity index (χ4v) is 3.84. The van der Waals surface area contributed by atoms with E-state index in [2.05, 4.69) is 13.8 Å². The zero-order valence-electron chi connectivity index (χ0n) is 20.6. The van der Waals surface area contributed by atoms with Crippen molar-refractivity contribution in [2.45, 2.75) is 123 Å². The summed E-state index contributed by atoms with van der Waals surface area (Å²) in [5, 5.41) is 0. The zero-order chi connectivity index (χ0) is 24.3. The molecule has 2 aliphatic rings. The largest absolute Gasteiger partial charge is 0.445 e. The van der Waals surface area contributed by atoms with Crippen LogP contribution in [0.1, 0.15) is 105 Å². The predicted octanol–water partition coefficient (Wildman–Crippen LogP) is 5.08. The summed E-state index contributed by atoms with van der Waals surface area (Å²) in [6, 6.07) is 0. The highest BCUT2D eigenvalue weighted by Crippen LogP contribution is 2.34. The Morgan fingerprint density at radius 2 is 1.42 bits per heavy atom. The lowest BCUT2D eigenvalue weighted by atomic mass is 10.1. The molecule has 188 valence electrons. The maximum atomic E-state index is 12.5. The van der Waals surface area contributed by atoms with E-state index in [0.717, 1.165) is 51.4 Å². The van der Waals surface area contributed by atoms with Crippen molar-refractivity contribution >= 4 is 17.9 Å². The number of esters is 3. The predicted molar refractivity (Wildman–Crippen MR) is 121 cm³/mol. The average Bonchev–Trinajstić information content (AvgIpc) is 3.27. The van der Waals surface area contributed by atoms with Gasteiger partial charge in [0.05, 0.1) is 6.61 Å². The second kappa shape index (κ2) is 13.7. The number of hydrogen-bond acceptors (Lipinski definition) is 8. The third kappa shape index (κ3) is 9.08. The Bertz CT molecular complexity index is 697. The van der Waals surface area contributed by atoms with Gasteiger partial charge >= 0.3 is 17.9 Å². The standard InChI is InChI=1S/C25H40O8/c1-5-7-9-11-13-15-19(26)30-22-21(18-17-29-25(3,4)33-18)32-24(28)23(22)31-20(27)16-14-12-10-8-6-2/h18,21H,5-17H2,1-4H3/t18-,21+/m0/s1. The monoisotopic (exact) mass is 468 g/mol. The minimum Gasteiger partial charge on any atom is -0.445 e. The molecule has 33 heavy (non-hydrogen) atoms. The quantitative estimate of drug-likeness (QED) is 0.186. The van der Waals surface area contributed by atoms with Gasteiger partial charge in [-0.1, -0.05) is 65.2 Å². The van der Waals surface area contributed by atoms with Crippen LogP contribution in [-0.2, 0) is 38.1 Å². The summed E-state index contributed by atoms with van der Waals surface area (Å²) >= 11 is 0. The first-order valence-electron chi connectivity index (χ1n) is 12.5. The van der Waals surface area contributed by atoms with Gasteiger partial charge < -0.3 is 23.7 Å². The maximum Gasteiger partial charge on any atom is 0.378 e. The molecule has 1 fully saturated rings. The number of cyclic esters (lactones) is 1. The van der Waals surface area contributed by atoms with Crippen molar-refractivity contribution in [1.29, 1.82) is 0 Å². The van der Waals surface area contributed by atoms with Crippen molar-refractivity contribution in [3.05, 3.63) is 11.5 Å². The first-order chi connectivity index (χ1) is 15.8. The molecule has 0 spiro atoms. The van der Waals surface area contributed by atoms with Gasteiger partial charge in [-0.3, -0.25) is 9.59 Å². The van der Waals surface area contributed by atoms with Gasteiger partial charge in [0.1, 0.15) is 6.10 Å². The molecule has 1 saturated heterocycles. The first-order valence-corrected chi connectivity index (χ1v) is 12.5. The average molecular weight is 469 g/mol. The van der Waals surface area contributed by atoms with Crippen molar-refractivity contribution in [2.75, 3.05) is 6.61 Å². The molecule has 2 rings (SSSR count). The van der Waals surface area contributed by atoms with Crippen LogP contribution < -0.4 is 0 Å². The fourth-order valence-electron chi connectivity index (χ4n) is 3.84. The Hall–Kier alpha value is -1.93. The molecule has 0 bridgehead atoms. The van der Waals surface area contributed by atoms with E-state index in [0.29, 0.717) is 12.8 Å². The summed E-state index contributed by atoms with van der Waals surface area (Å²) in [5.74, 6) is -3.18. The Morgan fingerprint density at radius 3 is 1.94 bits per heavy atom. The highest BCUT2D eigenvalue weighted by Gasteiger charge is 2.49. The van der Waals surface area contributed by atoms with E-state index < -0.39 is 35.9 Å². The van der Waals surface area contributed by atoms with Crippen molar-refractivity contribution in [2.24, 2.45) is 0 Å². The van der Waals surface area contributed by atoms with Crippen molar-refractivity contribution < 1.29 is 38.1 Å². The van der Waals surface area contributed by atoms with Crippen molar-refractivity contribution in [3.8, 4) is 0 Å². The van der Waals surface area contributed by atoms with E-state index in [-0.39, 0.29) is 31.0 Å². The third-order valence-corrected chi connectivity index (χ3v) is 5.68. The Morgan fingerprint density at radius 1 is 0.879 bits per heavy atom. The molecular weight excluding hydrogens is 428 g/mol. The second-order valence-corrected chi connectivity index (χ2v) is 9.16. The van der Waals surface area contributed by atoms with Crippen LogP contribution >= 0.6 is 0 Å². The zero-order valence-corrected chi connectivity index (χ0v) is 20.6. The SMILES string of the molecule is CCCCCCCC(=O)OC1=C(OC(=O)CCCCCCC)[C@@H]([C@@H]2COC(C)(C)O2)OC1=O. The lowest BCUT2D eigenvalue weighted by Crippen LogP contribution is -2.34. The van der Waals surface area contributed by atoms with Gasteiger partial charge in [0.25, 0.3) is 5.76 Å². The Balaban J connectivity index is 2.04. The number of unbranched alkanes of at least 4 members (excludes halogenated alkanes) is 8. The molecule has 8 heteroatoms. The summed E-state index contributed by atoms with van der Waals surface area (Å²) in [4.78, 5) is 37.4. The lowest BCUT2D eigenvalue weighted by molar-refractivity contribution is -0.165. The Kier molecular flexibility index (Phi) is 11.3. The molecule has 0 amide bonds. The van der Waals surface area contributed by atoms with Gasteiger partial charge in [0.2, 0.25) is 5.76 Å². The molecule has 0 aromatic carbocycles. The molecule has 0 aromatic rings. The van der Waals surface area contributed by atoms with Crippen LogP contribution in [0.2, 0.25) is 0 Å². The summed E-state index contributed by atoms with van der Waals surface area (Å²) in [6.07, 6.45) is 8.49. The number of hydrogen-bond donors (Lipinski definition) is 0. The van der Waals surface area contributed by atoms with Crippen LogP contribution in [0, 0.1) is 0 Å². The van der Waals surface area contributed by atoms with Crippen LogP contribution in [0.3, 0.4) is 0 Å². The number of ether oxygens (including phenoxy) is 5. The highest BCUT2D eigenvalue weighted by molar-refractivity contribution is 5.93. The molecular formula is C25H40O8. The van der Waals surface area contributed by atoms with Gasteiger partial charge in [0.15, 0.2) is 11.9 Å². The van der Waals surface area contributed by atoms with E-state index in [1.54, 1.807) is 13.8 Å².